The summed E-state index contributed by atoms with van der Waals surface area (Å²) in [6.45, 7) is 0. The second-order valence-corrected chi connectivity index (χ2v) is 7.96. The molecule has 0 spiro atoms. The fourth-order valence-electron chi connectivity index (χ4n) is 3.30. The Labute approximate surface area is 197 Å². The van der Waals surface area contributed by atoms with Crippen LogP contribution < -0.4 is 10.2 Å². The first kappa shape index (κ1) is 22.7. The van der Waals surface area contributed by atoms with Gasteiger partial charge in [-0.15, -0.1) is 0 Å². The van der Waals surface area contributed by atoms with Gasteiger partial charge in [-0.25, -0.2) is 0 Å². The van der Waals surface area contributed by atoms with Crippen molar-refractivity contribution < 1.29 is 22.8 Å². The summed E-state index contributed by atoms with van der Waals surface area (Å²) in [5.74, 6) is -1.25. The number of nitrogens with zero attached hydrogens (tertiary/aromatic N) is 1. The maximum atomic E-state index is 13.0. The smallest absolute Gasteiger partial charge is 0.298 e. The third kappa shape index (κ3) is 4.81. The van der Waals surface area contributed by atoms with E-state index in [2.05, 4.69) is 5.32 Å². The van der Waals surface area contributed by atoms with E-state index in [0.29, 0.717) is 27.4 Å². The van der Waals surface area contributed by atoms with E-state index in [9.17, 15) is 22.8 Å². The van der Waals surface area contributed by atoms with Crippen LogP contribution in [-0.4, -0.2) is 16.9 Å². The van der Waals surface area contributed by atoms with E-state index >= 15 is 0 Å². The predicted octanol–water partition coefficient (Wildman–Crippen LogP) is 5.86. The number of alkyl halides is 3. The summed E-state index contributed by atoms with van der Waals surface area (Å²) >= 11 is 11.1. The molecule has 33 heavy (non-hydrogen) atoms. The fraction of sp³-hybridized carbons (Fsp3) is 0.0417. The molecule has 2 amide bonds. The molecule has 4 rings (SSSR count). The number of rotatable bonds is 3. The van der Waals surface area contributed by atoms with Gasteiger partial charge < -0.3 is 0 Å². The van der Waals surface area contributed by atoms with Crippen molar-refractivity contribution in [1.82, 2.24) is 5.32 Å². The Kier molecular flexibility index (Phi) is 6.05. The SMILES string of the molecule is O=C1NC(=S)N(c2ccc(Cl)cc2)C(=O)/C1=C/c1ccc(-c2cccc(C(F)(F)F)c2)cc1. The van der Waals surface area contributed by atoms with E-state index in [4.69, 9.17) is 23.8 Å². The maximum Gasteiger partial charge on any atom is 0.416 e. The summed E-state index contributed by atoms with van der Waals surface area (Å²) in [6, 6.07) is 17.9. The number of anilines is 1. The zero-order valence-corrected chi connectivity index (χ0v) is 18.3. The molecule has 1 N–H and O–H groups in total. The molecule has 1 saturated heterocycles. The van der Waals surface area contributed by atoms with Crippen LogP contribution in [0.1, 0.15) is 11.1 Å². The van der Waals surface area contributed by atoms with E-state index in [-0.39, 0.29) is 10.7 Å². The van der Waals surface area contributed by atoms with Crippen molar-refractivity contribution in [3.05, 3.63) is 94.5 Å². The van der Waals surface area contributed by atoms with E-state index in [1.54, 1.807) is 54.6 Å². The average Bonchev–Trinajstić information content (AvgIpc) is 2.78. The molecular weight excluding hydrogens is 473 g/mol. The molecule has 1 aliphatic rings. The van der Waals surface area contributed by atoms with Crippen molar-refractivity contribution in [2.75, 3.05) is 4.90 Å². The molecule has 0 radical (unpaired) electrons. The van der Waals surface area contributed by atoms with E-state index in [0.717, 1.165) is 12.1 Å². The standard InChI is InChI=1S/C24H14ClF3N2O2S/c25-18-8-10-19(11-9-18)30-22(32)20(21(31)29-23(30)33)12-14-4-6-15(7-5-14)16-2-1-3-17(13-16)24(26,27)28/h1-13H,(H,29,31,33)/b20-12+. The highest BCUT2D eigenvalue weighted by molar-refractivity contribution is 7.80. The van der Waals surface area contributed by atoms with Gasteiger partial charge in [0, 0.05) is 5.02 Å². The molecular formula is C24H14ClF3N2O2S. The van der Waals surface area contributed by atoms with Gasteiger partial charge in [0.25, 0.3) is 11.8 Å². The van der Waals surface area contributed by atoms with Crippen molar-refractivity contribution in [2.24, 2.45) is 0 Å². The number of benzene rings is 3. The van der Waals surface area contributed by atoms with Crippen LogP contribution in [0.5, 0.6) is 0 Å². The maximum absolute atomic E-state index is 13.0. The van der Waals surface area contributed by atoms with Crippen LogP contribution >= 0.6 is 23.8 Å². The van der Waals surface area contributed by atoms with Crippen LogP contribution in [0.4, 0.5) is 18.9 Å². The summed E-state index contributed by atoms with van der Waals surface area (Å²) in [4.78, 5) is 26.6. The number of thiocarbonyl (C=S) groups is 1. The van der Waals surface area contributed by atoms with Crippen LogP contribution in [0.25, 0.3) is 17.2 Å². The first-order valence-corrected chi connectivity index (χ1v) is 10.4. The number of nitrogens with one attached hydrogen (secondary N) is 1. The lowest BCUT2D eigenvalue weighted by molar-refractivity contribution is -0.137. The van der Waals surface area contributed by atoms with Gasteiger partial charge in [-0.3, -0.25) is 19.8 Å². The number of carbonyl (C=O) groups is 2. The molecule has 166 valence electrons. The molecule has 0 unspecified atom stereocenters. The molecule has 0 aliphatic carbocycles. The normalized spacial score (nSPS) is 15.7. The second-order valence-electron chi connectivity index (χ2n) is 7.13. The number of amides is 2. The summed E-state index contributed by atoms with van der Waals surface area (Å²) in [5.41, 5.74) is 1.05. The van der Waals surface area contributed by atoms with Crippen molar-refractivity contribution in [3.8, 4) is 11.1 Å². The number of halogens is 4. The van der Waals surface area contributed by atoms with Gasteiger partial charge in [-0.05, 0) is 71.4 Å². The zero-order valence-electron chi connectivity index (χ0n) is 16.7. The van der Waals surface area contributed by atoms with Gasteiger partial charge >= 0.3 is 6.18 Å². The fourth-order valence-corrected chi connectivity index (χ4v) is 3.70. The second kappa shape index (κ2) is 8.80. The highest BCUT2D eigenvalue weighted by atomic mass is 35.5. The highest BCUT2D eigenvalue weighted by Crippen LogP contribution is 2.32. The van der Waals surface area contributed by atoms with Crippen molar-refractivity contribution in [2.45, 2.75) is 6.18 Å². The van der Waals surface area contributed by atoms with E-state index < -0.39 is 23.6 Å². The Balaban J connectivity index is 1.63. The van der Waals surface area contributed by atoms with Crippen molar-refractivity contribution >= 4 is 52.5 Å². The topological polar surface area (TPSA) is 49.4 Å². The summed E-state index contributed by atoms with van der Waals surface area (Å²) in [6.07, 6.45) is -3.04. The van der Waals surface area contributed by atoms with Gasteiger partial charge in [0.05, 0.1) is 11.3 Å². The molecule has 0 bridgehead atoms. The van der Waals surface area contributed by atoms with Gasteiger partial charge in [0.15, 0.2) is 5.11 Å². The Morgan fingerprint density at radius 3 is 2.21 bits per heavy atom. The van der Waals surface area contributed by atoms with E-state index in [1.165, 1.54) is 17.0 Å². The van der Waals surface area contributed by atoms with Gasteiger partial charge in [0.2, 0.25) is 0 Å². The molecule has 9 heteroatoms. The first-order valence-electron chi connectivity index (χ1n) is 9.58. The molecule has 1 aliphatic heterocycles. The van der Waals surface area contributed by atoms with Crippen LogP contribution in [0, 0.1) is 0 Å². The van der Waals surface area contributed by atoms with Crippen molar-refractivity contribution in [1.29, 1.82) is 0 Å². The molecule has 0 atom stereocenters. The number of hydrogen-bond acceptors (Lipinski definition) is 3. The van der Waals surface area contributed by atoms with Crippen LogP contribution in [0.2, 0.25) is 5.02 Å². The summed E-state index contributed by atoms with van der Waals surface area (Å²) < 4.78 is 39.0. The number of carbonyl (C=O) groups excluding carboxylic acids is 2. The third-order valence-electron chi connectivity index (χ3n) is 4.93. The zero-order chi connectivity index (χ0) is 23.8. The Morgan fingerprint density at radius 2 is 1.58 bits per heavy atom. The van der Waals surface area contributed by atoms with Gasteiger partial charge in [-0.2, -0.15) is 13.2 Å². The third-order valence-corrected chi connectivity index (χ3v) is 5.47. The quantitative estimate of drug-likeness (QED) is 0.287. The van der Waals surface area contributed by atoms with Crippen LogP contribution in [0.15, 0.2) is 78.4 Å². The molecule has 1 fully saturated rings. The minimum atomic E-state index is -4.44. The average molecular weight is 487 g/mol. The molecule has 3 aromatic carbocycles. The lowest BCUT2D eigenvalue weighted by Gasteiger charge is -2.28. The van der Waals surface area contributed by atoms with Crippen LogP contribution in [0.3, 0.4) is 0 Å². The molecule has 1 heterocycles. The molecule has 4 nitrogen and oxygen atoms in total. The number of hydrogen-bond donors (Lipinski definition) is 1. The lowest BCUT2D eigenvalue weighted by atomic mass is 10.0. The minimum absolute atomic E-state index is 0.0515. The highest BCUT2D eigenvalue weighted by Gasteiger charge is 2.34. The Bertz CT molecular complexity index is 1290. The summed E-state index contributed by atoms with van der Waals surface area (Å²) in [5, 5.41) is 2.92. The summed E-state index contributed by atoms with van der Waals surface area (Å²) in [7, 11) is 0. The monoisotopic (exact) mass is 486 g/mol. The van der Waals surface area contributed by atoms with Crippen LogP contribution in [-0.2, 0) is 15.8 Å². The molecule has 0 aromatic heterocycles. The van der Waals surface area contributed by atoms with Gasteiger partial charge in [-0.1, -0.05) is 48.0 Å². The minimum Gasteiger partial charge on any atom is -0.298 e. The predicted molar refractivity (Wildman–Crippen MR) is 125 cm³/mol. The molecule has 3 aromatic rings. The van der Waals surface area contributed by atoms with Gasteiger partial charge in [0.1, 0.15) is 5.57 Å². The lowest BCUT2D eigenvalue weighted by Crippen LogP contribution is -2.54. The Hall–Kier alpha value is -3.49. The first-order chi connectivity index (χ1) is 15.6. The Morgan fingerprint density at radius 1 is 0.909 bits per heavy atom. The molecule has 0 saturated carbocycles. The largest absolute Gasteiger partial charge is 0.416 e. The van der Waals surface area contributed by atoms with E-state index in [1.807, 2.05) is 0 Å². The van der Waals surface area contributed by atoms with Crippen molar-refractivity contribution in [3.63, 3.8) is 0 Å².